The van der Waals surface area contributed by atoms with E-state index >= 15 is 0 Å². The molecule has 3 fully saturated rings. The Morgan fingerprint density at radius 2 is 1.85 bits per heavy atom. The maximum absolute atomic E-state index is 14.3. The van der Waals surface area contributed by atoms with Crippen LogP contribution in [0.2, 0.25) is 0 Å². The first-order chi connectivity index (χ1) is 18.6. The van der Waals surface area contributed by atoms with Crippen molar-refractivity contribution in [2.45, 2.75) is 71.1 Å². The van der Waals surface area contributed by atoms with E-state index in [1.807, 2.05) is 49.5 Å². The fourth-order valence-corrected chi connectivity index (χ4v) is 7.84. The van der Waals surface area contributed by atoms with Crippen molar-refractivity contribution < 1.29 is 23.9 Å². The fourth-order valence-electron chi connectivity index (χ4n) is 7.84. The Kier molecular flexibility index (Phi) is 6.06. The van der Waals surface area contributed by atoms with Crippen LogP contribution in [-0.4, -0.2) is 46.0 Å². The Balaban J connectivity index is 1.44. The molecule has 1 saturated carbocycles. The van der Waals surface area contributed by atoms with Gasteiger partial charge in [-0.1, -0.05) is 50.3 Å². The minimum atomic E-state index is -1.35. The molecule has 2 aliphatic heterocycles. The van der Waals surface area contributed by atoms with Crippen LogP contribution in [0.4, 0.5) is 0 Å². The number of amides is 1. The molecule has 0 bridgehead atoms. The molecule has 2 saturated heterocycles. The summed E-state index contributed by atoms with van der Waals surface area (Å²) < 4.78 is 6.34. The molecule has 2 aliphatic carbocycles. The maximum atomic E-state index is 14.3. The zero-order valence-corrected chi connectivity index (χ0v) is 23.0. The standard InChI is InChI=1S/C32H36N2O5/c1-17-8-7-10-22-29-31(4,39-29)19(3)27-24(15-20-16-33-23-11-6-5-9-21(20)23)34-30(38)32(22,27)26(36)13-12-25(35)28(37)18(2)14-17/h5-7,9-11,14,16-17,19,22,24,27,29,33H,8,12-13,15H2,1-4H3,(H,34,38)/b10-7+,18-14-/t17-,19-,22?,24-,27-,29-,31+,32+/m0/s1. The first-order valence-electron chi connectivity index (χ1n) is 14.1. The largest absolute Gasteiger partial charge is 0.365 e. The van der Waals surface area contributed by atoms with Crippen LogP contribution in [-0.2, 0) is 30.3 Å². The molecule has 2 N–H and O–H groups in total. The molecule has 8 atom stereocenters. The number of aromatic nitrogens is 1. The summed E-state index contributed by atoms with van der Waals surface area (Å²) in [6.07, 6.45) is 8.46. The van der Waals surface area contributed by atoms with Crippen LogP contribution >= 0.6 is 0 Å². The monoisotopic (exact) mass is 528 g/mol. The fraction of sp³-hybridized carbons (Fsp3) is 0.500. The number of rotatable bonds is 2. The lowest BCUT2D eigenvalue weighted by Crippen LogP contribution is -2.58. The molecule has 1 aromatic heterocycles. The number of nitrogens with one attached hydrogen (secondary N) is 2. The molecule has 2 aromatic rings. The number of para-hydroxylation sites is 1. The highest BCUT2D eigenvalue weighted by Crippen LogP contribution is 2.66. The topological polar surface area (TPSA) is 109 Å². The smallest absolute Gasteiger partial charge is 0.235 e. The normalized spacial score (nSPS) is 40.8. The second-order valence-corrected chi connectivity index (χ2v) is 12.2. The zero-order valence-electron chi connectivity index (χ0n) is 23.0. The summed E-state index contributed by atoms with van der Waals surface area (Å²) in [5.74, 6) is -2.47. The lowest BCUT2D eigenvalue weighted by molar-refractivity contribution is -0.149. The molecule has 3 heterocycles. The van der Waals surface area contributed by atoms with E-state index in [1.165, 1.54) is 0 Å². The number of hydrogen-bond acceptors (Lipinski definition) is 5. The van der Waals surface area contributed by atoms with Gasteiger partial charge in [-0.25, -0.2) is 0 Å². The number of carbonyl (C=O) groups is 4. The molecule has 204 valence electrons. The van der Waals surface area contributed by atoms with Gasteiger partial charge in [-0.2, -0.15) is 0 Å². The van der Waals surface area contributed by atoms with Crippen molar-refractivity contribution in [3.05, 3.63) is 59.8 Å². The van der Waals surface area contributed by atoms with Gasteiger partial charge in [0.25, 0.3) is 0 Å². The van der Waals surface area contributed by atoms with Crippen LogP contribution in [0.15, 0.2) is 54.3 Å². The summed E-state index contributed by atoms with van der Waals surface area (Å²) in [5.41, 5.74) is 0.739. The lowest BCUT2D eigenvalue weighted by atomic mass is 9.51. The second kappa shape index (κ2) is 9.12. The van der Waals surface area contributed by atoms with Gasteiger partial charge in [0.05, 0.1) is 11.7 Å². The van der Waals surface area contributed by atoms with E-state index in [2.05, 4.69) is 30.2 Å². The summed E-state index contributed by atoms with van der Waals surface area (Å²) in [6, 6.07) is 7.79. The predicted molar refractivity (Wildman–Crippen MR) is 147 cm³/mol. The molecule has 1 unspecified atom stereocenters. The number of benzene rings is 1. The van der Waals surface area contributed by atoms with Crippen molar-refractivity contribution in [1.29, 1.82) is 0 Å². The van der Waals surface area contributed by atoms with Crippen LogP contribution in [0, 0.1) is 29.1 Å². The van der Waals surface area contributed by atoms with Gasteiger partial charge in [0.1, 0.15) is 11.2 Å². The Morgan fingerprint density at radius 3 is 2.64 bits per heavy atom. The number of aromatic amines is 1. The van der Waals surface area contributed by atoms with Crippen molar-refractivity contribution in [2.24, 2.45) is 29.1 Å². The number of fused-ring (bicyclic) bond motifs is 3. The van der Waals surface area contributed by atoms with Gasteiger partial charge in [0, 0.05) is 47.8 Å². The van der Waals surface area contributed by atoms with Gasteiger partial charge in [-0.3, -0.25) is 19.2 Å². The minimum Gasteiger partial charge on any atom is -0.365 e. The van der Waals surface area contributed by atoms with Crippen LogP contribution in [0.1, 0.15) is 52.5 Å². The van der Waals surface area contributed by atoms with Gasteiger partial charge in [0.2, 0.25) is 17.5 Å². The molecule has 7 heteroatoms. The highest BCUT2D eigenvalue weighted by atomic mass is 16.6. The molecule has 4 aliphatic rings. The third-order valence-corrected chi connectivity index (χ3v) is 9.99. The summed E-state index contributed by atoms with van der Waals surface area (Å²) in [4.78, 5) is 57.3. The van der Waals surface area contributed by atoms with Crippen molar-refractivity contribution >= 4 is 34.2 Å². The van der Waals surface area contributed by atoms with Crippen molar-refractivity contribution in [3.8, 4) is 0 Å². The van der Waals surface area contributed by atoms with E-state index in [-0.39, 0.29) is 54.4 Å². The van der Waals surface area contributed by atoms with E-state index in [4.69, 9.17) is 4.74 Å². The molecule has 39 heavy (non-hydrogen) atoms. The van der Waals surface area contributed by atoms with Crippen molar-refractivity contribution in [2.75, 3.05) is 0 Å². The first kappa shape index (κ1) is 25.9. The average Bonchev–Trinajstić information content (AvgIpc) is 3.31. The molecule has 1 aromatic carbocycles. The predicted octanol–water partition coefficient (Wildman–Crippen LogP) is 4.26. The van der Waals surface area contributed by atoms with Crippen LogP contribution in [0.25, 0.3) is 10.9 Å². The van der Waals surface area contributed by atoms with Gasteiger partial charge >= 0.3 is 0 Å². The second-order valence-electron chi connectivity index (χ2n) is 12.2. The quantitative estimate of drug-likeness (QED) is 0.262. The molecule has 0 radical (unpaired) electrons. The van der Waals surface area contributed by atoms with Gasteiger partial charge in [-0.05, 0) is 55.7 Å². The molecule has 7 nitrogen and oxygen atoms in total. The summed E-state index contributed by atoms with van der Waals surface area (Å²) >= 11 is 0. The number of allylic oxidation sites excluding steroid dienone is 3. The van der Waals surface area contributed by atoms with E-state index in [9.17, 15) is 19.2 Å². The minimum absolute atomic E-state index is 0.0299. The Hall–Kier alpha value is -3.32. The first-order valence-corrected chi connectivity index (χ1v) is 14.1. The van der Waals surface area contributed by atoms with Crippen LogP contribution in [0.5, 0.6) is 0 Å². The van der Waals surface area contributed by atoms with E-state index in [1.54, 1.807) is 6.92 Å². The number of hydrogen-bond donors (Lipinski definition) is 2. The van der Waals surface area contributed by atoms with Crippen LogP contribution < -0.4 is 5.32 Å². The lowest BCUT2D eigenvalue weighted by Gasteiger charge is -2.46. The van der Waals surface area contributed by atoms with E-state index in [0.717, 1.165) is 16.5 Å². The van der Waals surface area contributed by atoms with Crippen molar-refractivity contribution in [1.82, 2.24) is 10.3 Å². The zero-order chi connectivity index (χ0) is 27.7. The van der Waals surface area contributed by atoms with Gasteiger partial charge in [-0.15, -0.1) is 0 Å². The number of ether oxygens (including phenoxy) is 1. The van der Waals surface area contributed by atoms with E-state index in [0.29, 0.717) is 18.4 Å². The molecule has 1 spiro atoms. The summed E-state index contributed by atoms with van der Waals surface area (Å²) in [7, 11) is 0. The van der Waals surface area contributed by atoms with Gasteiger partial charge in [0.15, 0.2) is 0 Å². The molecule has 1 amide bonds. The highest BCUT2D eigenvalue weighted by molar-refractivity contribution is 6.43. The SMILES string of the molecule is C/C1=C/[C@@H](C)C/C=C/C2[C@@H]3O[C@]3(C)[C@@H](C)[C@H]3[C@H](Cc4c[nH]c5ccccc45)NC(=O)[C@@]23C(=O)CCC(=O)C1=O. The maximum Gasteiger partial charge on any atom is 0.235 e. The number of carbonyl (C=O) groups excluding carboxylic acids is 4. The van der Waals surface area contributed by atoms with Crippen LogP contribution in [0.3, 0.4) is 0 Å². The number of Topliss-reactive ketones (excluding diaryl/α,β-unsaturated/α-hetero) is 3. The van der Waals surface area contributed by atoms with E-state index < -0.39 is 28.5 Å². The Labute approximate surface area is 228 Å². The number of ketones is 3. The average molecular weight is 529 g/mol. The van der Waals surface area contributed by atoms with Crippen molar-refractivity contribution in [3.63, 3.8) is 0 Å². The number of epoxide rings is 1. The van der Waals surface area contributed by atoms with Gasteiger partial charge < -0.3 is 15.0 Å². The Morgan fingerprint density at radius 1 is 1.08 bits per heavy atom. The number of H-pyrrole nitrogens is 1. The Bertz CT molecular complexity index is 1450. The molecule has 6 rings (SSSR count). The summed E-state index contributed by atoms with van der Waals surface area (Å²) in [6.45, 7) is 7.83. The third kappa shape index (κ3) is 3.80. The summed E-state index contributed by atoms with van der Waals surface area (Å²) in [5, 5.41) is 4.34. The highest BCUT2D eigenvalue weighted by Gasteiger charge is 2.78. The molecular weight excluding hydrogens is 492 g/mol. The third-order valence-electron chi connectivity index (χ3n) is 9.99. The molecular formula is C32H36N2O5.